The van der Waals surface area contributed by atoms with Gasteiger partial charge in [-0.15, -0.1) is 0 Å². The smallest absolute Gasteiger partial charge is 0.543 e. The van der Waals surface area contributed by atoms with Crippen molar-refractivity contribution in [3.05, 3.63) is 23.0 Å². The van der Waals surface area contributed by atoms with E-state index >= 15 is 0 Å². The molecule has 0 bridgehead atoms. The summed E-state index contributed by atoms with van der Waals surface area (Å²) in [6.07, 6.45) is 7.95. The van der Waals surface area contributed by atoms with Gasteiger partial charge >= 0.3 is 51.4 Å². The number of hydrogen-bond acceptors (Lipinski definition) is 6. The summed E-state index contributed by atoms with van der Waals surface area (Å²) in [6.45, 7) is 0. The minimum Gasteiger partial charge on any atom is -0.543 e. The molecule has 2 aromatic rings. The molecule has 0 atom stereocenters. The van der Waals surface area contributed by atoms with Gasteiger partial charge in [0.05, 0.1) is 17.4 Å². The second-order valence-corrected chi connectivity index (χ2v) is 6.28. The van der Waals surface area contributed by atoms with Crippen LogP contribution in [0.3, 0.4) is 0 Å². The zero-order chi connectivity index (χ0) is 16.0. The standard InChI is InChI=1S/C16H19N5O2.K/c1-21-14-11(13(20-21)15(22)23)7-6-9-8-17-16(19-12(9)14)18-10-4-2-3-5-10;/h8,10H,2-7H2,1H3,(H,22,23)(H,17,18,19);/q;+1/p-1. The fourth-order valence-corrected chi connectivity index (χ4v) is 3.64. The van der Waals surface area contributed by atoms with Gasteiger partial charge in [0.25, 0.3) is 0 Å². The second kappa shape index (κ2) is 7.21. The van der Waals surface area contributed by atoms with Crippen molar-refractivity contribution in [3.8, 4) is 11.4 Å². The maximum Gasteiger partial charge on any atom is 1.00 e. The Kier molecular flexibility index (Phi) is 5.41. The number of carboxylic acids is 1. The molecule has 2 aliphatic carbocycles. The first-order valence-corrected chi connectivity index (χ1v) is 8.03. The molecule has 2 aromatic heterocycles. The van der Waals surface area contributed by atoms with Crippen LogP contribution in [0.4, 0.5) is 5.95 Å². The molecule has 0 saturated heterocycles. The second-order valence-electron chi connectivity index (χ2n) is 6.28. The Hall–Kier alpha value is -0.804. The molecular formula is C16H18KN5O2. The van der Waals surface area contributed by atoms with Crippen LogP contribution in [0.5, 0.6) is 0 Å². The van der Waals surface area contributed by atoms with E-state index in [2.05, 4.69) is 20.4 Å². The summed E-state index contributed by atoms with van der Waals surface area (Å²) < 4.78 is 1.59. The first-order valence-electron chi connectivity index (χ1n) is 8.03. The molecule has 0 aliphatic heterocycles. The van der Waals surface area contributed by atoms with E-state index in [9.17, 15) is 9.90 Å². The summed E-state index contributed by atoms with van der Waals surface area (Å²) >= 11 is 0. The molecule has 2 heterocycles. The molecule has 0 unspecified atom stereocenters. The van der Waals surface area contributed by atoms with E-state index in [-0.39, 0.29) is 57.1 Å². The summed E-state index contributed by atoms with van der Waals surface area (Å²) in [5, 5.41) is 18.8. The van der Waals surface area contributed by atoms with Crippen molar-refractivity contribution in [2.45, 2.75) is 44.6 Å². The molecule has 7 nitrogen and oxygen atoms in total. The van der Waals surface area contributed by atoms with Gasteiger partial charge in [-0.3, -0.25) is 4.68 Å². The Labute approximate surface area is 182 Å². The van der Waals surface area contributed by atoms with E-state index in [1.807, 2.05) is 6.20 Å². The van der Waals surface area contributed by atoms with Crippen molar-refractivity contribution >= 4 is 11.9 Å². The largest absolute Gasteiger partial charge is 1.00 e. The summed E-state index contributed by atoms with van der Waals surface area (Å²) in [5.41, 5.74) is 3.32. The SMILES string of the molecule is Cn1nc(C(=O)[O-])c2c1-c1nc(NC3CCCC3)ncc1CC2.[K+]. The number of aryl methyl sites for hydroxylation is 2. The van der Waals surface area contributed by atoms with Crippen molar-refractivity contribution in [2.75, 3.05) is 5.32 Å². The van der Waals surface area contributed by atoms with Crippen LogP contribution < -0.4 is 61.8 Å². The number of aromatic carboxylic acids is 1. The van der Waals surface area contributed by atoms with Gasteiger partial charge in [0.2, 0.25) is 5.95 Å². The van der Waals surface area contributed by atoms with Gasteiger partial charge in [0.1, 0.15) is 5.69 Å². The number of anilines is 1. The van der Waals surface area contributed by atoms with Gasteiger partial charge in [-0.25, -0.2) is 9.97 Å². The average molecular weight is 351 g/mol. The Morgan fingerprint density at radius 3 is 2.79 bits per heavy atom. The summed E-state index contributed by atoms with van der Waals surface area (Å²) in [7, 11) is 1.74. The van der Waals surface area contributed by atoms with Crippen LogP contribution in [-0.2, 0) is 19.9 Å². The number of carboxylic acid groups (broad SMARTS) is 1. The van der Waals surface area contributed by atoms with E-state index in [0.29, 0.717) is 24.0 Å². The normalized spacial score (nSPS) is 16.2. The first-order chi connectivity index (χ1) is 11.1. The van der Waals surface area contributed by atoms with Crippen LogP contribution in [0.15, 0.2) is 6.20 Å². The van der Waals surface area contributed by atoms with E-state index in [0.717, 1.165) is 36.2 Å². The molecule has 0 spiro atoms. The Balaban J connectivity index is 0.00000169. The maximum atomic E-state index is 11.3. The molecular weight excluding hydrogens is 333 g/mol. The summed E-state index contributed by atoms with van der Waals surface area (Å²) in [5.74, 6) is -0.622. The van der Waals surface area contributed by atoms with Crippen LogP contribution >= 0.6 is 0 Å². The maximum absolute atomic E-state index is 11.3. The number of nitrogens with one attached hydrogen (secondary N) is 1. The number of fused-ring (bicyclic) bond motifs is 3. The van der Waals surface area contributed by atoms with Gasteiger partial charge in [-0.2, -0.15) is 5.10 Å². The van der Waals surface area contributed by atoms with E-state index in [4.69, 9.17) is 0 Å². The van der Waals surface area contributed by atoms with Gasteiger partial charge in [-0.1, -0.05) is 12.8 Å². The molecule has 4 rings (SSSR count). The fourth-order valence-electron chi connectivity index (χ4n) is 3.64. The first kappa shape index (κ1) is 18.0. The minimum atomic E-state index is -1.23. The van der Waals surface area contributed by atoms with E-state index < -0.39 is 5.97 Å². The third-order valence-corrected chi connectivity index (χ3v) is 4.76. The molecule has 0 radical (unpaired) electrons. The molecule has 120 valence electrons. The molecule has 1 saturated carbocycles. The topological polar surface area (TPSA) is 95.8 Å². The number of nitrogens with zero attached hydrogens (tertiary/aromatic N) is 4. The molecule has 0 aromatic carbocycles. The van der Waals surface area contributed by atoms with E-state index in [1.165, 1.54) is 12.8 Å². The third kappa shape index (κ3) is 3.17. The Morgan fingerprint density at radius 1 is 1.33 bits per heavy atom. The summed E-state index contributed by atoms with van der Waals surface area (Å²) in [6, 6.07) is 0.432. The summed E-state index contributed by atoms with van der Waals surface area (Å²) in [4.78, 5) is 20.3. The number of carbonyl (C=O) groups is 1. The third-order valence-electron chi connectivity index (χ3n) is 4.76. The molecule has 0 amide bonds. The van der Waals surface area contributed by atoms with Gasteiger partial charge in [-0.05, 0) is 31.2 Å². The van der Waals surface area contributed by atoms with Crippen molar-refractivity contribution in [2.24, 2.45) is 7.05 Å². The Morgan fingerprint density at radius 2 is 2.08 bits per heavy atom. The number of aromatic nitrogens is 4. The van der Waals surface area contributed by atoms with Crippen LogP contribution in [0.25, 0.3) is 11.4 Å². The van der Waals surface area contributed by atoms with Crippen LogP contribution in [0.2, 0.25) is 0 Å². The zero-order valence-corrected chi connectivity index (χ0v) is 17.1. The van der Waals surface area contributed by atoms with Gasteiger partial charge < -0.3 is 15.2 Å². The monoisotopic (exact) mass is 351 g/mol. The van der Waals surface area contributed by atoms with Crippen LogP contribution in [-0.4, -0.2) is 31.8 Å². The van der Waals surface area contributed by atoms with Crippen molar-refractivity contribution in [1.82, 2.24) is 19.7 Å². The fraction of sp³-hybridized carbons (Fsp3) is 0.500. The quantitative estimate of drug-likeness (QED) is 0.625. The molecule has 1 N–H and O–H groups in total. The predicted octanol–water partition coefficient (Wildman–Crippen LogP) is -2.30. The van der Waals surface area contributed by atoms with Crippen molar-refractivity contribution in [3.63, 3.8) is 0 Å². The number of hydrogen-bond donors (Lipinski definition) is 1. The zero-order valence-electron chi connectivity index (χ0n) is 14.0. The van der Waals surface area contributed by atoms with Crippen LogP contribution in [0.1, 0.15) is 47.3 Å². The van der Waals surface area contributed by atoms with Crippen LogP contribution in [0, 0.1) is 0 Å². The molecule has 2 aliphatic rings. The predicted molar refractivity (Wildman–Crippen MR) is 81.9 cm³/mol. The van der Waals surface area contributed by atoms with E-state index in [1.54, 1.807) is 11.7 Å². The van der Waals surface area contributed by atoms with Gasteiger partial charge in [0.15, 0.2) is 0 Å². The molecule has 1 fully saturated rings. The Bertz CT molecular complexity index is 783. The molecule has 8 heteroatoms. The number of rotatable bonds is 3. The molecule has 24 heavy (non-hydrogen) atoms. The average Bonchev–Trinajstić information content (AvgIpc) is 3.15. The number of carbonyl (C=O) groups excluding carboxylic acids is 1. The van der Waals surface area contributed by atoms with Gasteiger partial charge in [0, 0.05) is 24.8 Å². The van der Waals surface area contributed by atoms with Crippen molar-refractivity contribution in [1.29, 1.82) is 0 Å². The van der Waals surface area contributed by atoms with Crippen molar-refractivity contribution < 1.29 is 61.3 Å². The minimum absolute atomic E-state index is 0.